The van der Waals surface area contributed by atoms with Gasteiger partial charge in [0.2, 0.25) is 0 Å². The van der Waals surface area contributed by atoms with Gasteiger partial charge in [-0.25, -0.2) is 0 Å². The molecule has 59 heavy (non-hydrogen) atoms. The summed E-state index contributed by atoms with van der Waals surface area (Å²) < 4.78 is 0. The summed E-state index contributed by atoms with van der Waals surface area (Å²) in [5.74, 6) is 12.2. The van der Waals surface area contributed by atoms with E-state index < -0.39 is 0 Å². The van der Waals surface area contributed by atoms with Crippen molar-refractivity contribution in [3.05, 3.63) is 0 Å². The van der Waals surface area contributed by atoms with Crippen LogP contribution < -0.4 is 0 Å². The highest BCUT2D eigenvalue weighted by Gasteiger charge is 2.62. The maximum absolute atomic E-state index is 3.40. The van der Waals surface area contributed by atoms with Gasteiger partial charge in [0.05, 0.1) is 0 Å². The van der Waals surface area contributed by atoms with Crippen molar-refractivity contribution in [2.45, 2.75) is 270 Å². The fourth-order valence-corrected chi connectivity index (χ4v) is 21.8. The van der Waals surface area contributed by atoms with Crippen molar-refractivity contribution in [2.75, 3.05) is 0 Å². The van der Waals surface area contributed by atoms with Crippen LogP contribution in [0.3, 0.4) is 0 Å². The van der Waals surface area contributed by atoms with E-state index in [1.807, 2.05) is 0 Å². The molecular weight excluding hydrogens is 713 g/mol. The van der Waals surface area contributed by atoms with Gasteiger partial charge in [0.25, 0.3) is 0 Å². The summed E-state index contributed by atoms with van der Waals surface area (Å²) in [6.07, 6.45) is 46.0. The van der Waals surface area contributed by atoms with Crippen LogP contribution in [0.5, 0.6) is 0 Å². The molecule has 334 valence electrons. The van der Waals surface area contributed by atoms with Gasteiger partial charge in [-0.05, 0) is 216 Å². The van der Waals surface area contributed by atoms with E-state index in [1.54, 1.807) is 77.0 Å². The zero-order valence-electron chi connectivity index (χ0n) is 40.0. The maximum atomic E-state index is 3.40. The molecule has 16 unspecified atom stereocenters. The molecule has 0 aliphatic heterocycles. The average molecular weight is 809 g/mol. The molecule has 11 rings (SSSR count). The minimum absolute atomic E-state index is 0.505. The third-order valence-electron chi connectivity index (χ3n) is 24.2. The number of nitrogens with zero attached hydrogens (tertiary/aromatic N) is 2. The van der Waals surface area contributed by atoms with E-state index in [-0.39, 0.29) is 0 Å². The largest absolute Gasteiger partial charge is 0.294 e. The van der Waals surface area contributed by atoms with E-state index in [0.717, 1.165) is 107 Å². The fourth-order valence-electron chi connectivity index (χ4n) is 21.8. The minimum atomic E-state index is 0.505. The lowest BCUT2D eigenvalue weighted by atomic mass is 9.65. The van der Waals surface area contributed by atoms with Crippen LogP contribution in [0.1, 0.15) is 234 Å². The summed E-state index contributed by atoms with van der Waals surface area (Å²) in [5.41, 5.74) is 1.64. The molecule has 11 aliphatic carbocycles. The quantitative estimate of drug-likeness (QED) is 0.264. The predicted octanol–water partition coefficient (Wildman–Crippen LogP) is 15.1. The normalized spacial score (nSPS) is 49.4. The highest BCUT2D eigenvalue weighted by atomic mass is 15.2. The van der Waals surface area contributed by atoms with Crippen LogP contribution >= 0.6 is 0 Å². The van der Waals surface area contributed by atoms with Gasteiger partial charge < -0.3 is 0 Å². The molecular formula is C57H96N2. The molecule has 0 saturated heterocycles. The van der Waals surface area contributed by atoms with E-state index >= 15 is 0 Å². The molecule has 11 aliphatic rings. The van der Waals surface area contributed by atoms with E-state index in [1.165, 1.54) is 116 Å². The van der Waals surface area contributed by atoms with Gasteiger partial charge in [-0.15, -0.1) is 0 Å². The second-order valence-corrected chi connectivity index (χ2v) is 27.0. The van der Waals surface area contributed by atoms with Crippen LogP contribution in [-0.4, -0.2) is 46.1 Å². The molecule has 11 fully saturated rings. The predicted molar refractivity (Wildman–Crippen MR) is 248 cm³/mol. The van der Waals surface area contributed by atoms with E-state index in [4.69, 9.17) is 0 Å². The third-order valence-corrected chi connectivity index (χ3v) is 24.2. The lowest BCUT2D eigenvalue weighted by Gasteiger charge is -2.53. The number of hydrogen-bond acceptors (Lipinski definition) is 2. The molecule has 16 atom stereocenters. The van der Waals surface area contributed by atoms with Crippen LogP contribution in [0, 0.1) is 87.3 Å². The Morgan fingerprint density at radius 2 is 0.492 bits per heavy atom. The van der Waals surface area contributed by atoms with E-state index in [9.17, 15) is 0 Å². The molecule has 0 aromatic carbocycles. The van der Waals surface area contributed by atoms with Crippen molar-refractivity contribution in [3.8, 4) is 0 Å². The van der Waals surface area contributed by atoms with Crippen LogP contribution in [0.2, 0.25) is 0 Å². The Balaban J connectivity index is 0.822. The Labute approximate surface area is 366 Å². The zero-order chi connectivity index (χ0) is 40.3. The van der Waals surface area contributed by atoms with Crippen molar-refractivity contribution < 1.29 is 0 Å². The van der Waals surface area contributed by atoms with Crippen molar-refractivity contribution in [2.24, 2.45) is 87.3 Å². The smallest absolute Gasteiger partial charge is 0.0104 e. The topological polar surface area (TPSA) is 6.48 Å². The second-order valence-electron chi connectivity index (χ2n) is 27.0. The summed E-state index contributed by atoms with van der Waals surface area (Å²) in [5, 5.41) is 0. The highest BCUT2D eigenvalue weighted by Crippen LogP contribution is 2.67. The molecule has 0 bridgehead atoms. The maximum Gasteiger partial charge on any atom is 0.0104 e. The van der Waals surface area contributed by atoms with Gasteiger partial charge in [0.1, 0.15) is 0 Å². The summed E-state index contributed by atoms with van der Waals surface area (Å²) in [6, 6.07) is 5.28. The zero-order valence-corrected chi connectivity index (χ0v) is 40.0. The monoisotopic (exact) mass is 809 g/mol. The van der Waals surface area contributed by atoms with Gasteiger partial charge in [0.15, 0.2) is 0 Å². The lowest BCUT2D eigenvalue weighted by molar-refractivity contribution is -0.0350. The summed E-state index contributed by atoms with van der Waals surface area (Å²) in [6.45, 7) is 16.8. The Kier molecular flexibility index (Phi) is 11.4. The molecule has 0 heterocycles. The van der Waals surface area contributed by atoms with Gasteiger partial charge in [-0.1, -0.05) is 106 Å². The van der Waals surface area contributed by atoms with Crippen LogP contribution in [-0.2, 0) is 0 Å². The summed E-state index contributed by atoms with van der Waals surface area (Å²) in [7, 11) is 0. The molecule has 0 aromatic heterocycles. The number of fused-ring (bicyclic) bond motifs is 9. The Hall–Kier alpha value is -0.0800. The van der Waals surface area contributed by atoms with E-state index in [0.29, 0.717) is 16.2 Å². The summed E-state index contributed by atoms with van der Waals surface area (Å²) in [4.78, 5) is 6.79. The van der Waals surface area contributed by atoms with Crippen LogP contribution in [0.4, 0.5) is 0 Å². The Morgan fingerprint density at radius 3 is 0.814 bits per heavy atom. The van der Waals surface area contributed by atoms with E-state index in [2.05, 4.69) is 51.3 Å². The standard InChI is InChI=1S/C57H96N2/c1-55(2)49-23-15-13-21-43(49)45-29-25-39(33-51(45)55)58(37-17-9-7-10-18-37)41-27-31-47-48-32-28-42(36-54(48)57(5,6)53(47)35-41)59(38-19-11-8-12-20-38)40-26-30-46-44-22-14-16-24-50(44)56(3,4)52(46)34-40/h37-54H,7-36H2,1-6H3. The molecule has 0 amide bonds. The molecule has 11 saturated carbocycles. The first-order valence-electron chi connectivity index (χ1n) is 28.1. The molecule has 2 nitrogen and oxygen atoms in total. The van der Waals surface area contributed by atoms with Gasteiger partial charge in [-0.2, -0.15) is 0 Å². The molecule has 2 heteroatoms. The van der Waals surface area contributed by atoms with Crippen molar-refractivity contribution >= 4 is 0 Å². The molecule has 0 aromatic rings. The number of hydrogen-bond donors (Lipinski definition) is 0. The first-order valence-corrected chi connectivity index (χ1v) is 28.1. The third kappa shape index (κ3) is 6.91. The van der Waals surface area contributed by atoms with Gasteiger partial charge >= 0.3 is 0 Å². The van der Waals surface area contributed by atoms with Crippen molar-refractivity contribution in [1.82, 2.24) is 9.80 Å². The second kappa shape index (κ2) is 16.1. The number of rotatable bonds is 6. The van der Waals surface area contributed by atoms with Gasteiger partial charge in [0, 0.05) is 36.3 Å². The van der Waals surface area contributed by atoms with Crippen LogP contribution in [0.25, 0.3) is 0 Å². The first kappa shape index (κ1) is 41.6. The molecule has 0 radical (unpaired) electrons. The van der Waals surface area contributed by atoms with Crippen molar-refractivity contribution in [3.63, 3.8) is 0 Å². The fraction of sp³-hybridized carbons (Fsp3) is 1.00. The average Bonchev–Trinajstić information content (AvgIpc) is 3.74. The SMILES string of the molecule is CC1(C)C2CCCCC2C2CCC(N(C3CCCCC3)C3CCC4C5CCC(N(C6CCCCC6)C6CCC7C8CCCCC8C(C)(C)C7C6)CC5C(C)(C)C4C3)CC21. The summed E-state index contributed by atoms with van der Waals surface area (Å²) >= 11 is 0. The Morgan fingerprint density at radius 1 is 0.237 bits per heavy atom. The Bertz CT molecular complexity index is 1340. The minimum Gasteiger partial charge on any atom is -0.294 e. The lowest BCUT2D eigenvalue weighted by Crippen LogP contribution is -2.55. The van der Waals surface area contributed by atoms with Crippen molar-refractivity contribution in [1.29, 1.82) is 0 Å². The first-order chi connectivity index (χ1) is 28.5. The van der Waals surface area contributed by atoms with Crippen LogP contribution in [0.15, 0.2) is 0 Å². The van der Waals surface area contributed by atoms with Gasteiger partial charge in [-0.3, -0.25) is 9.80 Å². The molecule has 0 N–H and O–H groups in total. The molecule has 0 spiro atoms. The highest BCUT2D eigenvalue weighted by molar-refractivity contribution is 5.13.